The van der Waals surface area contributed by atoms with Gasteiger partial charge in [0, 0.05) is 13.0 Å². The van der Waals surface area contributed by atoms with E-state index in [-0.39, 0.29) is 36.6 Å². The van der Waals surface area contributed by atoms with Gasteiger partial charge in [-0.1, -0.05) is 72.8 Å². The Morgan fingerprint density at radius 3 is 1.89 bits per heavy atom. The molecule has 0 aromatic heterocycles. The SMILES string of the molecule is O=C(CCN1C(=O)[C@H]2CC=CC[C@H]2C1=O)NN1C(=O)NC(c2ccccc2)(c2ccccc2)C1=O. The van der Waals surface area contributed by atoms with Crippen LogP contribution >= 0.6 is 0 Å². The number of fused-ring (bicyclic) bond motifs is 1. The lowest BCUT2D eigenvalue weighted by molar-refractivity contribution is -0.142. The molecule has 2 aliphatic heterocycles. The molecule has 2 fully saturated rings. The van der Waals surface area contributed by atoms with Crippen LogP contribution in [0.2, 0.25) is 0 Å². The van der Waals surface area contributed by atoms with Crippen LogP contribution < -0.4 is 10.7 Å². The summed E-state index contributed by atoms with van der Waals surface area (Å²) in [5.74, 6) is -2.62. The van der Waals surface area contributed by atoms with Crippen LogP contribution in [-0.4, -0.2) is 46.1 Å². The number of carbonyl (C=O) groups is 5. The lowest BCUT2D eigenvalue weighted by Gasteiger charge is -2.27. The van der Waals surface area contributed by atoms with Crippen molar-refractivity contribution in [3.05, 3.63) is 83.9 Å². The third kappa shape index (κ3) is 3.69. The monoisotopic (exact) mass is 472 g/mol. The minimum atomic E-state index is -1.50. The number of urea groups is 1. The molecule has 2 aromatic rings. The maximum Gasteiger partial charge on any atom is 0.344 e. The first-order valence-corrected chi connectivity index (χ1v) is 11.5. The van der Waals surface area contributed by atoms with E-state index < -0.39 is 23.4 Å². The van der Waals surface area contributed by atoms with Crippen molar-refractivity contribution in [1.82, 2.24) is 20.7 Å². The highest BCUT2D eigenvalue weighted by Gasteiger charge is 2.54. The maximum absolute atomic E-state index is 13.6. The zero-order valence-corrected chi connectivity index (χ0v) is 18.8. The van der Waals surface area contributed by atoms with E-state index in [1.165, 1.54) is 0 Å². The number of carbonyl (C=O) groups excluding carboxylic acids is 5. The topological polar surface area (TPSA) is 116 Å². The maximum atomic E-state index is 13.6. The number of hydrogen-bond acceptors (Lipinski definition) is 5. The summed E-state index contributed by atoms with van der Waals surface area (Å²) < 4.78 is 0. The van der Waals surface area contributed by atoms with Crippen molar-refractivity contribution in [1.29, 1.82) is 0 Å². The molecule has 9 nitrogen and oxygen atoms in total. The van der Waals surface area contributed by atoms with Crippen LogP contribution in [0.3, 0.4) is 0 Å². The van der Waals surface area contributed by atoms with Crippen LogP contribution in [0.5, 0.6) is 0 Å². The lowest BCUT2D eigenvalue weighted by Crippen LogP contribution is -2.49. The summed E-state index contributed by atoms with van der Waals surface area (Å²) in [4.78, 5) is 65.6. The molecule has 2 atom stereocenters. The van der Waals surface area contributed by atoms with Gasteiger partial charge in [0.25, 0.3) is 5.91 Å². The number of hydrazine groups is 1. The van der Waals surface area contributed by atoms with Crippen LogP contribution in [0.15, 0.2) is 72.8 Å². The molecule has 2 heterocycles. The number of benzene rings is 2. The predicted molar refractivity (Wildman–Crippen MR) is 124 cm³/mol. The second kappa shape index (κ2) is 8.83. The molecule has 6 amide bonds. The summed E-state index contributed by atoms with van der Waals surface area (Å²) in [6, 6.07) is 16.8. The molecule has 35 heavy (non-hydrogen) atoms. The quantitative estimate of drug-likeness (QED) is 0.378. The minimum Gasteiger partial charge on any atom is -0.314 e. The Morgan fingerprint density at radius 1 is 0.857 bits per heavy atom. The van der Waals surface area contributed by atoms with Gasteiger partial charge < -0.3 is 5.32 Å². The van der Waals surface area contributed by atoms with Gasteiger partial charge in [-0.2, -0.15) is 5.01 Å². The van der Waals surface area contributed by atoms with Gasteiger partial charge in [0.15, 0.2) is 5.54 Å². The molecule has 3 aliphatic rings. The molecule has 178 valence electrons. The van der Waals surface area contributed by atoms with Crippen LogP contribution in [0.1, 0.15) is 30.4 Å². The second-order valence-corrected chi connectivity index (χ2v) is 8.82. The van der Waals surface area contributed by atoms with Gasteiger partial charge in [-0.05, 0) is 24.0 Å². The van der Waals surface area contributed by atoms with Gasteiger partial charge >= 0.3 is 6.03 Å². The molecule has 5 rings (SSSR count). The smallest absolute Gasteiger partial charge is 0.314 e. The summed E-state index contributed by atoms with van der Waals surface area (Å²) in [5, 5.41) is 3.41. The zero-order chi connectivity index (χ0) is 24.6. The fraction of sp³-hybridized carbons (Fsp3) is 0.269. The van der Waals surface area contributed by atoms with Crippen LogP contribution in [0.25, 0.3) is 0 Å². The van der Waals surface area contributed by atoms with Crippen LogP contribution in [-0.2, 0) is 24.7 Å². The van der Waals surface area contributed by atoms with Crippen molar-refractivity contribution < 1.29 is 24.0 Å². The van der Waals surface area contributed by atoms with E-state index in [2.05, 4.69) is 10.7 Å². The Hall–Kier alpha value is -4.27. The number of allylic oxidation sites excluding steroid dienone is 2. The van der Waals surface area contributed by atoms with Crippen molar-refractivity contribution in [3.63, 3.8) is 0 Å². The number of likely N-dealkylation sites (tertiary alicyclic amines) is 1. The number of nitrogens with zero attached hydrogens (tertiary/aromatic N) is 2. The van der Waals surface area contributed by atoms with Gasteiger partial charge in [0.1, 0.15) is 0 Å². The molecule has 0 saturated carbocycles. The van der Waals surface area contributed by atoms with Crippen LogP contribution in [0, 0.1) is 11.8 Å². The van der Waals surface area contributed by atoms with E-state index in [4.69, 9.17) is 0 Å². The highest BCUT2D eigenvalue weighted by Crippen LogP contribution is 2.36. The van der Waals surface area contributed by atoms with Gasteiger partial charge in [-0.25, -0.2) is 4.79 Å². The Kier molecular flexibility index (Phi) is 5.68. The fourth-order valence-electron chi connectivity index (χ4n) is 5.05. The highest BCUT2D eigenvalue weighted by atomic mass is 16.2. The first-order chi connectivity index (χ1) is 16.9. The molecule has 2 N–H and O–H groups in total. The molecule has 2 aromatic carbocycles. The third-order valence-electron chi connectivity index (χ3n) is 6.83. The molecule has 2 saturated heterocycles. The number of amides is 6. The van der Waals surface area contributed by atoms with E-state index in [0.29, 0.717) is 29.0 Å². The first kappa shape index (κ1) is 22.5. The lowest BCUT2D eigenvalue weighted by atomic mass is 9.83. The van der Waals surface area contributed by atoms with Crippen molar-refractivity contribution in [2.45, 2.75) is 24.8 Å². The van der Waals surface area contributed by atoms with Crippen LogP contribution in [0.4, 0.5) is 4.79 Å². The van der Waals surface area contributed by atoms with E-state index in [1.54, 1.807) is 60.7 Å². The predicted octanol–water partition coefficient (Wildman–Crippen LogP) is 1.85. The molecule has 1 aliphatic carbocycles. The van der Waals surface area contributed by atoms with Gasteiger partial charge in [0.05, 0.1) is 11.8 Å². The normalized spacial score (nSPS) is 22.9. The summed E-state index contributed by atoms with van der Waals surface area (Å²) in [5.41, 5.74) is 1.95. The first-order valence-electron chi connectivity index (χ1n) is 11.5. The van der Waals surface area contributed by atoms with E-state index >= 15 is 0 Å². The Bertz CT molecular complexity index is 1160. The average Bonchev–Trinajstić information content (AvgIpc) is 3.29. The number of imide groups is 2. The molecule has 0 bridgehead atoms. The van der Waals surface area contributed by atoms with Crippen molar-refractivity contribution >= 4 is 29.7 Å². The van der Waals surface area contributed by atoms with Crippen molar-refractivity contribution in [2.75, 3.05) is 6.54 Å². The van der Waals surface area contributed by atoms with E-state index in [0.717, 1.165) is 4.90 Å². The van der Waals surface area contributed by atoms with Gasteiger partial charge in [-0.15, -0.1) is 0 Å². The molecular formula is C26H24N4O5. The third-order valence-corrected chi connectivity index (χ3v) is 6.83. The summed E-state index contributed by atoms with van der Waals surface area (Å²) in [7, 11) is 0. The van der Waals surface area contributed by atoms with E-state index in [9.17, 15) is 24.0 Å². The minimum absolute atomic E-state index is 0.108. The fourth-order valence-corrected chi connectivity index (χ4v) is 5.05. The number of hydrogen-bond donors (Lipinski definition) is 2. The average molecular weight is 473 g/mol. The Labute approximate surface area is 201 Å². The number of rotatable bonds is 6. The number of nitrogens with one attached hydrogen (secondary N) is 2. The largest absolute Gasteiger partial charge is 0.344 e. The highest BCUT2D eigenvalue weighted by molar-refractivity contribution is 6.10. The second-order valence-electron chi connectivity index (χ2n) is 8.82. The van der Waals surface area contributed by atoms with Crippen molar-refractivity contribution in [2.24, 2.45) is 11.8 Å². The Morgan fingerprint density at radius 2 is 1.37 bits per heavy atom. The molecule has 0 radical (unpaired) electrons. The van der Waals surface area contributed by atoms with Gasteiger partial charge in [0.2, 0.25) is 17.7 Å². The van der Waals surface area contributed by atoms with E-state index in [1.807, 2.05) is 12.2 Å². The molecule has 0 unspecified atom stereocenters. The standard InChI is InChI=1S/C26H24N4O5/c31-21(15-16-29-22(32)19-13-7-8-14-20(19)23(29)33)28-30-24(34)26(27-25(30)35,17-9-3-1-4-10-17)18-11-5-2-6-12-18/h1-12,19-20H,13-16H2,(H,27,35)(H,28,31)/t19-,20+. The molecule has 0 spiro atoms. The summed E-state index contributed by atoms with van der Waals surface area (Å²) in [6.45, 7) is -0.108. The zero-order valence-electron chi connectivity index (χ0n) is 18.8. The molecule has 9 heteroatoms. The van der Waals surface area contributed by atoms with Crippen molar-refractivity contribution in [3.8, 4) is 0 Å². The van der Waals surface area contributed by atoms with Gasteiger partial charge in [-0.3, -0.25) is 29.5 Å². The summed E-state index contributed by atoms with van der Waals surface area (Å²) >= 11 is 0. The molecular weight excluding hydrogens is 448 g/mol. The Balaban J connectivity index is 1.32. The summed E-state index contributed by atoms with van der Waals surface area (Å²) in [6.07, 6.45) is 4.59.